The molecule has 1 N–H and O–H groups in total. The lowest BCUT2D eigenvalue weighted by Gasteiger charge is -2.30. The largest absolute Gasteiger partial charge is 0.322 e. The van der Waals surface area contributed by atoms with Crippen LogP contribution in [-0.4, -0.2) is 26.6 Å². The molecule has 5 nitrogen and oxygen atoms in total. The molecule has 0 atom stereocenters. The minimum absolute atomic E-state index is 0.0707. The zero-order chi connectivity index (χ0) is 18.9. The number of carbonyl (C=O) groups excluding carboxylic acids is 1. The summed E-state index contributed by atoms with van der Waals surface area (Å²) < 4.78 is 26.1. The summed E-state index contributed by atoms with van der Waals surface area (Å²) >= 11 is 0. The van der Waals surface area contributed by atoms with E-state index in [1.165, 1.54) is 4.31 Å². The van der Waals surface area contributed by atoms with Gasteiger partial charge in [-0.15, -0.1) is 0 Å². The van der Waals surface area contributed by atoms with E-state index in [0.717, 1.165) is 35.2 Å². The van der Waals surface area contributed by atoms with E-state index in [4.69, 9.17) is 0 Å². The molecule has 1 amide bonds. The van der Waals surface area contributed by atoms with Gasteiger partial charge in [-0.3, -0.25) is 9.10 Å². The van der Waals surface area contributed by atoms with Gasteiger partial charge in [-0.1, -0.05) is 12.1 Å². The van der Waals surface area contributed by atoms with Gasteiger partial charge in [0.1, 0.15) is 0 Å². The number of hydrogen-bond donors (Lipinski definition) is 1. The number of amides is 1. The van der Waals surface area contributed by atoms with Crippen molar-refractivity contribution in [3.8, 4) is 0 Å². The Balaban J connectivity index is 1.89. The average Bonchev–Trinajstić information content (AvgIpc) is 2.63. The Morgan fingerprint density at radius 3 is 2.65 bits per heavy atom. The van der Waals surface area contributed by atoms with Crippen LogP contribution >= 0.6 is 0 Å². The number of hydrogen-bond acceptors (Lipinski definition) is 3. The highest BCUT2D eigenvalue weighted by molar-refractivity contribution is 7.92. The molecule has 0 saturated heterocycles. The fourth-order valence-electron chi connectivity index (χ4n) is 3.21. The molecule has 3 rings (SSSR count). The van der Waals surface area contributed by atoms with Gasteiger partial charge in [-0.2, -0.15) is 0 Å². The van der Waals surface area contributed by atoms with E-state index in [0.29, 0.717) is 17.8 Å². The SMILES string of the molecule is CCS(=O)(=O)N1CCCc2cc(C(=O)Nc3cc(C)ccc3C)ccc21. The van der Waals surface area contributed by atoms with Crippen LogP contribution in [0.5, 0.6) is 0 Å². The maximum Gasteiger partial charge on any atom is 0.255 e. The minimum Gasteiger partial charge on any atom is -0.322 e. The van der Waals surface area contributed by atoms with Crippen molar-refractivity contribution in [3.05, 3.63) is 58.7 Å². The number of aryl methyl sites for hydroxylation is 3. The fourth-order valence-corrected chi connectivity index (χ4v) is 4.41. The summed E-state index contributed by atoms with van der Waals surface area (Å²) in [7, 11) is -3.29. The monoisotopic (exact) mass is 372 g/mol. The number of benzene rings is 2. The Morgan fingerprint density at radius 2 is 1.92 bits per heavy atom. The van der Waals surface area contributed by atoms with E-state index in [2.05, 4.69) is 5.32 Å². The minimum atomic E-state index is -3.29. The lowest BCUT2D eigenvalue weighted by molar-refractivity contribution is 0.102. The first-order chi connectivity index (χ1) is 12.3. The van der Waals surface area contributed by atoms with E-state index in [1.54, 1.807) is 19.1 Å². The summed E-state index contributed by atoms with van der Waals surface area (Å²) in [5, 5.41) is 2.96. The summed E-state index contributed by atoms with van der Waals surface area (Å²) in [5.41, 5.74) is 5.02. The van der Waals surface area contributed by atoms with E-state index in [1.807, 2.05) is 38.1 Å². The van der Waals surface area contributed by atoms with Crippen LogP contribution in [0.4, 0.5) is 11.4 Å². The number of anilines is 2. The highest BCUT2D eigenvalue weighted by atomic mass is 32.2. The van der Waals surface area contributed by atoms with Crippen molar-refractivity contribution in [1.29, 1.82) is 0 Å². The summed E-state index contributed by atoms with van der Waals surface area (Å²) in [5.74, 6) is -0.113. The van der Waals surface area contributed by atoms with Crippen molar-refractivity contribution in [2.45, 2.75) is 33.6 Å². The second kappa shape index (κ2) is 7.11. The quantitative estimate of drug-likeness (QED) is 0.891. The number of carbonyl (C=O) groups is 1. The lowest BCUT2D eigenvalue weighted by atomic mass is 10.0. The molecule has 26 heavy (non-hydrogen) atoms. The second-order valence-electron chi connectivity index (χ2n) is 6.69. The van der Waals surface area contributed by atoms with Crippen molar-refractivity contribution in [1.82, 2.24) is 0 Å². The maximum absolute atomic E-state index is 12.7. The van der Waals surface area contributed by atoms with Crippen LogP contribution in [0.15, 0.2) is 36.4 Å². The van der Waals surface area contributed by atoms with Crippen LogP contribution in [0.1, 0.15) is 40.4 Å². The Labute approximate surface area is 155 Å². The molecule has 138 valence electrons. The first-order valence-corrected chi connectivity index (χ1v) is 10.4. The molecule has 0 unspecified atom stereocenters. The molecule has 1 heterocycles. The topological polar surface area (TPSA) is 66.5 Å². The van der Waals surface area contributed by atoms with Gasteiger partial charge < -0.3 is 5.32 Å². The molecule has 6 heteroatoms. The molecule has 0 fully saturated rings. The van der Waals surface area contributed by atoms with E-state index in [9.17, 15) is 13.2 Å². The molecule has 0 aromatic heterocycles. The predicted molar refractivity (Wildman–Crippen MR) is 105 cm³/mol. The molecule has 0 aliphatic carbocycles. The summed E-state index contributed by atoms with van der Waals surface area (Å²) in [6.07, 6.45) is 1.53. The molecule has 1 aliphatic heterocycles. The van der Waals surface area contributed by atoms with Gasteiger partial charge in [0, 0.05) is 17.8 Å². The summed E-state index contributed by atoms with van der Waals surface area (Å²) in [6, 6.07) is 11.2. The summed E-state index contributed by atoms with van der Waals surface area (Å²) in [6.45, 7) is 6.08. The van der Waals surface area contributed by atoms with Crippen molar-refractivity contribution >= 4 is 27.3 Å². The molecular weight excluding hydrogens is 348 g/mol. The molecule has 0 radical (unpaired) electrons. The first kappa shape index (κ1) is 18.5. The van der Waals surface area contributed by atoms with Crippen LogP contribution in [0.2, 0.25) is 0 Å². The Bertz CT molecular complexity index is 952. The van der Waals surface area contributed by atoms with Crippen molar-refractivity contribution in [2.24, 2.45) is 0 Å². The van der Waals surface area contributed by atoms with Crippen LogP contribution in [0, 0.1) is 13.8 Å². The van der Waals surface area contributed by atoms with Gasteiger partial charge in [-0.25, -0.2) is 8.42 Å². The zero-order valence-electron chi connectivity index (χ0n) is 15.4. The highest BCUT2D eigenvalue weighted by Gasteiger charge is 2.26. The first-order valence-electron chi connectivity index (χ1n) is 8.84. The van der Waals surface area contributed by atoms with Crippen LogP contribution in [0.3, 0.4) is 0 Å². The molecule has 2 aromatic rings. The van der Waals surface area contributed by atoms with Crippen LogP contribution in [-0.2, 0) is 16.4 Å². The van der Waals surface area contributed by atoms with E-state index >= 15 is 0 Å². The maximum atomic E-state index is 12.7. The van der Waals surface area contributed by atoms with E-state index in [-0.39, 0.29) is 11.7 Å². The van der Waals surface area contributed by atoms with Gasteiger partial charge in [0.05, 0.1) is 11.4 Å². The average molecular weight is 372 g/mol. The number of fused-ring (bicyclic) bond motifs is 1. The molecule has 0 spiro atoms. The smallest absolute Gasteiger partial charge is 0.255 e. The third-order valence-electron chi connectivity index (χ3n) is 4.76. The predicted octanol–water partition coefficient (Wildman–Crippen LogP) is 3.66. The van der Waals surface area contributed by atoms with Crippen molar-refractivity contribution in [2.75, 3.05) is 21.9 Å². The van der Waals surface area contributed by atoms with Crippen LogP contribution in [0.25, 0.3) is 0 Å². The molecule has 1 aliphatic rings. The Morgan fingerprint density at radius 1 is 1.15 bits per heavy atom. The van der Waals surface area contributed by atoms with Crippen LogP contribution < -0.4 is 9.62 Å². The number of nitrogens with zero attached hydrogens (tertiary/aromatic N) is 1. The normalized spacial score (nSPS) is 14.0. The molecule has 2 aromatic carbocycles. The fraction of sp³-hybridized carbons (Fsp3) is 0.350. The van der Waals surface area contributed by atoms with E-state index < -0.39 is 10.0 Å². The molecule has 0 bridgehead atoms. The Kier molecular flexibility index (Phi) is 5.05. The third kappa shape index (κ3) is 3.60. The van der Waals surface area contributed by atoms with Gasteiger partial charge in [-0.05, 0) is 74.6 Å². The highest BCUT2D eigenvalue weighted by Crippen LogP contribution is 2.30. The Hall–Kier alpha value is -2.34. The third-order valence-corrected chi connectivity index (χ3v) is 6.54. The number of rotatable bonds is 4. The number of nitrogens with one attached hydrogen (secondary N) is 1. The number of sulfonamides is 1. The van der Waals surface area contributed by atoms with Gasteiger partial charge in [0.2, 0.25) is 10.0 Å². The molecular formula is C20H24N2O3S. The van der Waals surface area contributed by atoms with Gasteiger partial charge in [0.25, 0.3) is 5.91 Å². The second-order valence-corrected chi connectivity index (χ2v) is 8.87. The molecule has 0 saturated carbocycles. The summed E-state index contributed by atoms with van der Waals surface area (Å²) in [4.78, 5) is 12.7. The lowest BCUT2D eigenvalue weighted by Crippen LogP contribution is -2.36. The van der Waals surface area contributed by atoms with Gasteiger partial charge >= 0.3 is 0 Å². The van der Waals surface area contributed by atoms with Gasteiger partial charge in [0.15, 0.2) is 0 Å². The standard InChI is InChI=1S/C20H24N2O3S/c1-4-26(24,25)22-11-5-6-16-13-17(9-10-19(16)22)20(23)21-18-12-14(2)7-8-15(18)3/h7-10,12-13H,4-6,11H2,1-3H3,(H,21,23). The zero-order valence-corrected chi connectivity index (χ0v) is 16.2. The van der Waals surface area contributed by atoms with Crippen molar-refractivity contribution < 1.29 is 13.2 Å². The van der Waals surface area contributed by atoms with Crippen molar-refractivity contribution in [3.63, 3.8) is 0 Å².